The third kappa shape index (κ3) is 69.4. The van der Waals surface area contributed by atoms with Gasteiger partial charge in [0, 0.05) is 12.8 Å². The molecule has 0 aromatic heterocycles. The van der Waals surface area contributed by atoms with Gasteiger partial charge in [-0.2, -0.15) is 0 Å². The number of esters is 4. The van der Waals surface area contributed by atoms with Gasteiger partial charge in [-0.3, -0.25) is 37.3 Å². The summed E-state index contributed by atoms with van der Waals surface area (Å²) >= 11 is 0. The van der Waals surface area contributed by atoms with Gasteiger partial charge in [0.1, 0.15) is 19.3 Å². The average molecular weight is 1410 g/mol. The minimum absolute atomic E-state index is 0.0532. The van der Waals surface area contributed by atoms with Crippen LogP contribution in [0.3, 0.4) is 0 Å². The van der Waals surface area contributed by atoms with Gasteiger partial charge in [0.2, 0.25) is 0 Å². The molecule has 0 bridgehead atoms. The van der Waals surface area contributed by atoms with E-state index in [1.807, 2.05) is 36.5 Å². The zero-order valence-electron chi connectivity index (χ0n) is 60.7. The molecule has 0 spiro atoms. The highest BCUT2D eigenvalue weighted by Crippen LogP contribution is 2.45. The van der Waals surface area contributed by atoms with E-state index in [-0.39, 0.29) is 25.7 Å². The summed E-state index contributed by atoms with van der Waals surface area (Å²) in [7, 11) is -10.0. The molecule has 0 saturated heterocycles. The molecule has 558 valence electrons. The maximum Gasteiger partial charge on any atom is 0.472 e. The summed E-state index contributed by atoms with van der Waals surface area (Å²) in [5, 5.41) is 10.6. The molecule has 5 atom stereocenters. The van der Waals surface area contributed by atoms with E-state index >= 15 is 0 Å². The molecule has 0 amide bonds. The van der Waals surface area contributed by atoms with Gasteiger partial charge < -0.3 is 33.8 Å². The second kappa shape index (κ2) is 70.4. The lowest BCUT2D eigenvalue weighted by Crippen LogP contribution is -2.30. The molecule has 19 heteroatoms. The lowest BCUT2D eigenvalue weighted by molar-refractivity contribution is -0.161. The molecule has 0 aliphatic heterocycles. The Morgan fingerprint density at radius 2 is 0.582 bits per heavy atom. The normalized spacial score (nSPS) is 14.8. The Kier molecular flexibility index (Phi) is 66.7. The van der Waals surface area contributed by atoms with E-state index in [0.29, 0.717) is 25.7 Å². The van der Waals surface area contributed by atoms with Crippen LogP contribution in [0.25, 0.3) is 0 Å². The number of phosphoric acid groups is 2. The number of allylic oxidation sites excluding steroid dienone is 22. The highest BCUT2D eigenvalue weighted by molar-refractivity contribution is 7.47. The highest BCUT2D eigenvalue weighted by Gasteiger charge is 2.30. The molecule has 0 fully saturated rings. The molecule has 0 aromatic carbocycles. The average Bonchev–Trinajstić information content (AvgIpc) is 0.959. The molecule has 5 unspecified atom stereocenters. The van der Waals surface area contributed by atoms with Crippen molar-refractivity contribution in [3.05, 3.63) is 146 Å². The van der Waals surface area contributed by atoms with Crippen LogP contribution >= 0.6 is 15.6 Å². The van der Waals surface area contributed by atoms with Crippen LogP contribution in [0.4, 0.5) is 0 Å². The zero-order chi connectivity index (χ0) is 71.8. The van der Waals surface area contributed by atoms with Crippen molar-refractivity contribution >= 4 is 39.5 Å². The maximum absolute atomic E-state index is 13.1. The molecular weight excluding hydrogens is 1280 g/mol. The molecule has 0 heterocycles. The Balaban J connectivity index is 5.49. The Morgan fingerprint density at radius 1 is 0.306 bits per heavy atom. The number of unbranched alkanes of at least 4 members (excludes halogenated alkanes) is 20. The fraction of sp³-hybridized carbons (Fsp3) is 0.646. The Morgan fingerprint density at radius 3 is 0.908 bits per heavy atom. The van der Waals surface area contributed by atoms with Crippen LogP contribution in [0.1, 0.15) is 272 Å². The molecule has 0 aromatic rings. The van der Waals surface area contributed by atoms with Crippen molar-refractivity contribution in [1.82, 2.24) is 0 Å². The first-order chi connectivity index (χ1) is 47.7. The third-order valence-electron chi connectivity index (χ3n) is 14.8. The lowest BCUT2D eigenvalue weighted by atomic mass is 10.0. The molecular formula is C79H130O17P2. The van der Waals surface area contributed by atoms with Crippen LogP contribution in [0.5, 0.6) is 0 Å². The van der Waals surface area contributed by atoms with Gasteiger partial charge in [0.05, 0.1) is 39.3 Å². The summed E-state index contributed by atoms with van der Waals surface area (Å²) in [6, 6.07) is 0. The second-order valence-corrected chi connectivity index (χ2v) is 27.1. The number of aliphatic hydroxyl groups is 1. The van der Waals surface area contributed by atoms with Crippen LogP contribution in [0.15, 0.2) is 146 Å². The van der Waals surface area contributed by atoms with Gasteiger partial charge in [-0.15, -0.1) is 0 Å². The van der Waals surface area contributed by atoms with E-state index in [0.717, 1.165) is 128 Å². The zero-order valence-corrected chi connectivity index (χ0v) is 62.4. The van der Waals surface area contributed by atoms with Crippen molar-refractivity contribution in [1.29, 1.82) is 0 Å². The number of carbonyl (C=O) groups excluding carboxylic acids is 4. The first-order valence-electron chi connectivity index (χ1n) is 37.1. The van der Waals surface area contributed by atoms with Crippen molar-refractivity contribution in [2.24, 2.45) is 0 Å². The van der Waals surface area contributed by atoms with Crippen molar-refractivity contribution in [3.8, 4) is 0 Å². The summed E-state index contributed by atoms with van der Waals surface area (Å²) < 4.78 is 68.1. The van der Waals surface area contributed by atoms with E-state index < -0.39 is 97.5 Å². The molecule has 17 nitrogen and oxygen atoms in total. The topological polar surface area (TPSA) is 237 Å². The number of carbonyl (C=O) groups is 4. The first kappa shape index (κ1) is 92.9. The van der Waals surface area contributed by atoms with Gasteiger partial charge in [0.15, 0.2) is 12.2 Å². The quantitative estimate of drug-likeness (QED) is 0.0169. The third-order valence-corrected chi connectivity index (χ3v) is 16.7. The second-order valence-electron chi connectivity index (χ2n) is 24.2. The van der Waals surface area contributed by atoms with E-state index in [9.17, 15) is 43.2 Å². The van der Waals surface area contributed by atoms with Crippen LogP contribution < -0.4 is 0 Å². The summed E-state index contributed by atoms with van der Waals surface area (Å²) in [5.74, 6) is -2.49. The Hall–Kier alpha value is -5.06. The molecule has 0 aliphatic carbocycles. The fourth-order valence-electron chi connectivity index (χ4n) is 9.29. The number of rotatable bonds is 68. The summed E-state index contributed by atoms with van der Waals surface area (Å²) in [6.45, 7) is 4.32. The molecule has 98 heavy (non-hydrogen) atoms. The molecule has 3 N–H and O–H groups in total. The molecule has 0 rings (SSSR count). The Labute approximate surface area is 592 Å². The van der Waals surface area contributed by atoms with E-state index in [1.54, 1.807) is 12.2 Å². The minimum Gasteiger partial charge on any atom is -0.461 e. The fourth-order valence-corrected chi connectivity index (χ4v) is 10.9. The Bertz CT molecular complexity index is 2430. The van der Waals surface area contributed by atoms with Crippen molar-refractivity contribution < 1.29 is 80.2 Å². The first-order valence-corrected chi connectivity index (χ1v) is 40.1. The van der Waals surface area contributed by atoms with E-state index in [2.05, 4.69) is 125 Å². The molecule has 0 saturated carbocycles. The van der Waals surface area contributed by atoms with E-state index in [1.165, 1.54) is 64.2 Å². The van der Waals surface area contributed by atoms with Crippen LogP contribution in [0, 0.1) is 0 Å². The predicted octanol–water partition coefficient (Wildman–Crippen LogP) is 21.1. The highest BCUT2D eigenvalue weighted by atomic mass is 31.2. The van der Waals surface area contributed by atoms with Gasteiger partial charge in [0.25, 0.3) is 0 Å². The summed E-state index contributed by atoms with van der Waals surface area (Å²) in [6.07, 6.45) is 79.1. The largest absolute Gasteiger partial charge is 0.472 e. The van der Waals surface area contributed by atoms with Gasteiger partial charge in [-0.1, -0.05) is 289 Å². The van der Waals surface area contributed by atoms with E-state index in [4.69, 9.17) is 37.0 Å². The smallest absolute Gasteiger partial charge is 0.461 e. The standard InChI is InChI=1S/C79H130O17P2/c1-5-9-13-17-21-25-29-33-36-40-43-47-51-55-59-63-76(81)89-69-74(95-78(83)65-61-57-53-49-45-39-32-28-24-20-16-12-8-4)71-93-97(85,86)91-67-73(80)68-92-98(87,88)94-72-75(96-79(84)66-62-58-54-50-46-42-38-35-31-27-23-19-15-11-7-3)70-90-77(82)64-60-56-52-48-44-41-37-34-30-26-22-18-14-10-6-2/h9-10,13-14,16,20-22,25-26,28,32-34,36-37,43-44,47-48,55-56,59-60,73-75,80H,5-8,11-12,15,17-19,23-24,27,29-31,35,38-42,45-46,49-54,57-58,61-72H2,1-4H3,(H,85,86)(H,87,88)/b13-9-,14-10-,20-16-,25-21-,26-22-,32-28-,36-33-,37-34-,47-43-,48-44-,59-55-,60-56-. The lowest BCUT2D eigenvalue weighted by Gasteiger charge is -2.21. The predicted molar refractivity (Wildman–Crippen MR) is 399 cm³/mol. The van der Waals surface area contributed by atoms with Crippen molar-refractivity contribution in [3.63, 3.8) is 0 Å². The summed E-state index contributed by atoms with van der Waals surface area (Å²) in [4.78, 5) is 72.6. The number of ether oxygens (including phenoxy) is 4. The van der Waals surface area contributed by atoms with Gasteiger partial charge >= 0.3 is 39.5 Å². The maximum atomic E-state index is 13.1. The van der Waals surface area contributed by atoms with Crippen LogP contribution in [-0.2, 0) is 65.4 Å². The number of aliphatic hydroxyl groups excluding tert-OH is 1. The van der Waals surface area contributed by atoms with Gasteiger partial charge in [-0.05, 0) is 103 Å². The van der Waals surface area contributed by atoms with Crippen molar-refractivity contribution in [2.45, 2.75) is 290 Å². The summed E-state index contributed by atoms with van der Waals surface area (Å²) in [5.41, 5.74) is 0. The number of phosphoric ester groups is 2. The van der Waals surface area contributed by atoms with Crippen molar-refractivity contribution in [2.75, 3.05) is 39.6 Å². The minimum atomic E-state index is -5.00. The number of hydrogen-bond donors (Lipinski definition) is 3. The van der Waals surface area contributed by atoms with Gasteiger partial charge in [-0.25, -0.2) is 9.13 Å². The van der Waals surface area contributed by atoms with Crippen LogP contribution in [0.2, 0.25) is 0 Å². The molecule has 0 aliphatic rings. The monoisotopic (exact) mass is 1410 g/mol. The SMILES string of the molecule is CC/C=C\C/C=C\C/C=C\C/C=C\C/C=C\CC(=O)OCC(COP(=O)(O)OCC(O)COP(=O)(O)OCC(COC(=O)C/C=C\C/C=C\C/C=C\C/C=C\C/C=C\CC)OC(=O)CCCCCCCCCCCCCCCCC)OC(=O)CCCCCCC/C=C\C/C=C\CCC. The molecule has 0 radical (unpaired) electrons. The van der Waals surface area contributed by atoms with Crippen LogP contribution in [-0.4, -0.2) is 96.7 Å². The number of hydrogen-bond acceptors (Lipinski definition) is 15.